The van der Waals surface area contributed by atoms with E-state index in [2.05, 4.69) is 15.4 Å². The van der Waals surface area contributed by atoms with Crippen molar-refractivity contribution in [3.05, 3.63) is 110 Å². The molecule has 0 saturated heterocycles. The average molecular weight is 476 g/mol. The summed E-state index contributed by atoms with van der Waals surface area (Å²) in [7, 11) is 0. The van der Waals surface area contributed by atoms with Crippen molar-refractivity contribution in [3.8, 4) is 0 Å². The smallest absolute Gasteiger partial charge is 0.296 e. The molecular formula is C25H19ClFN5O2. The van der Waals surface area contributed by atoms with E-state index in [0.29, 0.717) is 28.2 Å². The number of amides is 1. The van der Waals surface area contributed by atoms with Gasteiger partial charge in [0.1, 0.15) is 5.82 Å². The van der Waals surface area contributed by atoms with Crippen molar-refractivity contribution in [1.82, 2.24) is 24.5 Å². The number of hydrogen-bond donors (Lipinski definition) is 1. The monoisotopic (exact) mass is 475 g/mol. The zero-order chi connectivity index (χ0) is 23.8. The molecule has 0 aliphatic carbocycles. The summed E-state index contributed by atoms with van der Waals surface area (Å²) in [5.74, 6) is -1.09. The van der Waals surface area contributed by atoms with E-state index in [1.54, 1.807) is 28.8 Å². The summed E-state index contributed by atoms with van der Waals surface area (Å²) < 4.78 is 16.4. The second-order valence-corrected chi connectivity index (χ2v) is 8.43. The van der Waals surface area contributed by atoms with Gasteiger partial charge in [-0.2, -0.15) is 4.98 Å². The Labute approximate surface area is 198 Å². The van der Waals surface area contributed by atoms with Gasteiger partial charge in [0.15, 0.2) is 0 Å². The summed E-state index contributed by atoms with van der Waals surface area (Å²) >= 11 is 6.00. The largest absolute Gasteiger partial charge is 0.345 e. The summed E-state index contributed by atoms with van der Waals surface area (Å²) in [5, 5.41) is 7.59. The summed E-state index contributed by atoms with van der Waals surface area (Å²) in [6, 6.07) is 18.8. The predicted octanol–water partition coefficient (Wildman–Crippen LogP) is 4.12. The molecule has 0 unspecified atom stereocenters. The summed E-state index contributed by atoms with van der Waals surface area (Å²) in [4.78, 5) is 30.4. The van der Waals surface area contributed by atoms with E-state index < -0.39 is 5.91 Å². The second kappa shape index (κ2) is 8.72. The quantitative estimate of drug-likeness (QED) is 0.414. The van der Waals surface area contributed by atoms with Gasteiger partial charge in [0.25, 0.3) is 11.5 Å². The highest BCUT2D eigenvalue weighted by molar-refractivity contribution is 6.30. The van der Waals surface area contributed by atoms with Gasteiger partial charge in [-0.25, -0.2) is 8.91 Å². The van der Waals surface area contributed by atoms with E-state index >= 15 is 0 Å². The van der Waals surface area contributed by atoms with Gasteiger partial charge in [0.05, 0.1) is 17.6 Å². The van der Waals surface area contributed by atoms with Gasteiger partial charge >= 0.3 is 0 Å². The fourth-order valence-electron chi connectivity index (χ4n) is 3.81. The second-order valence-electron chi connectivity index (χ2n) is 7.99. The Morgan fingerprint density at radius 3 is 2.59 bits per heavy atom. The van der Waals surface area contributed by atoms with Crippen LogP contribution in [0.2, 0.25) is 5.02 Å². The van der Waals surface area contributed by atoms with Crippen LogP contribution in [0.15, 0.2) is 71.5 Å². The number of rotatable bonds is 5. The lowest BCUT2D eigenvalue weighted by Gasteiger charge is -2.12. The van der Waals surface area contributed by atoms with E-state index in [0.717, 1.165) is 11.1 Å². The third-order valence-corrected chi connectivity index (χ3v) is 5.74. The van der Waals surface area contributed by atoms with Crippen LogP contribution >= 0.6 is 11.6 Å². The Hall–Kier alpha value is -4.04. The van der Waals surface area contributed by atoms with Crippen molar-refractivity contribution in [2.24, 2.45) is 0 Å². The van der Waals surface area contributed by atoms with E-state index in [1.165, 1.54) is 16.6 Å². The molecule has 0 aliphatic heterocycles. The zero-order valence-corrected chi connectivity index (χ0v) is 18.9. The first-order chi connectivity index (χ1) is 16.4. The number of carbonyl (C=O) groups excluding carboxylic acids is 1. The minimum absolute atomic E-state index is 0.0428. The zero-order valence-electron chi connectivity index (χ0n) is 18.1. The molecule has 34 heavy (non-hydrogen) atoms. The van der Waals surface area contributed by atoms with Gasteiger partial charge in [-0.15, -0.1) is 5.10 Å². The molecule has 9 heteroatoms. The molecule has 5 rings (SSSR count). The minimum Gasteiger partial charge on any atom is -0.345 e. The highest BCUT2D eigenvalue weighted by atomic mass is 35.5. The normalized spacial score (nSPS) is 11.3. The van der Waals surface area contributed by atoms with Crippen molar-refractivity contribution >= 4 is 34.2 Å². The van der Waals surface area contributed by atoms with Crippen LogP contribution in [-0.4, -0.2) is 25.1 Å². The third-order valence-electron chi connectivity index (χ3n) is 5.49. The molecule has 5 aromatic rings. The molecule has 2 aromatic heterocycles. The molecule has 0 bridgehead atoms. The molecule has 0 atom stereocenters. The number of aryl methyl sites for hydroxylation is 1. The number of carbonyl (C=O) groups is 1. The van der Waals surface area contributed by atoms with Crippen molar-refractivity contribution in [2.45, 2.75) is 20.0 Å². The van der Waals surface area contributed by atoms with Crippen LogP contribution in [0.3, 0.4) is 0 Å². The number of fused-ring (bicyclic) bond motifs is 3. The lowest BCUT2D eigenvalue weighted by Crippen LogP contribution is -2.24. The van der Waals surface area contributed by atoms with Gasteiger partial charge in [-0.05, 0) is 60.0 Å². The van der Waals surface area contributed by atoms with Crippen molar-refractivity contribution in [3.63, 3.8) is 0 Å². The van der Waals surface area contributed by atoms with Gasteiger partial charge in [-0.1, -0.05) is 41.9 Å². The maximum atomic E-state index is 13.4. The topological polar surface area (TPSA) is 81.3 Å². The molecule has 3 aromatic carbocycles. The summed E-state index contributed by atoms with van der Waals surface area (Å²) in [6.45, 7) is 2.35. The minimum atomic E-state index is -0.558. The molecule has 1 amide bonds. The first kappa shape index (κ1) is 21.8. The number of benzene rings is 3. The first-order valence-electron chi connectivity index (χ1n) is 10.6. The third kappa shape index (κ3) is 4.15. The van der Waals surface area contributed by atoms with Crippen molar-refractivity contribution < 1.29 is 9.18 Å². The van der Waals surface area contributed by atoms with Gasteiger partial charge in [0.2, 0.25) is 11.5 Å². The molecule has 170 valence electrons. The standard InChI is InChI=1S/C25H19ClFN5O2/c1-15-5-10-20-21(11-15)31(14-16-6-8-18(26)9-7-16)25(34)23-29-22(30-32(20)23)24(33)28-13-17-3-2-4-19(27)12-17/h2-12H,13-14H2,1H3,(H,28,33). The van der Waals surface area contributed by atoms with Crippen LogP contribution in [0.5, 0.6) is 0 Å². The fraction of sp³-hybridized carbons (Fsp3) is 0.120. The maximum Gasteiger partial charge on any atom is 0.296 e. The van der Waals surface area contributed by atoms with E-state index in [4.69, 9.17) is 11.6 Å². The molecule has 0 saturated carbocycles. The highest BCUT2D eigenvalue weighted by Crippen LogP contribution is 2.18. The maximum absolute atomic E-state index is 13.4. The van der Waals surface area contributed by atoms with Crippen LogP contribution in [0.4, 0.5) is 4.39 Å². The SMILES string of the molecule is Cc1ccc2c(c1)n(Cc1ccc(Cl)cc1)c(=O)c1nc(C(=O)NCc3cccc(F)c3)nn12. The summed E-state index contributed by atoms with van der Waals surface area (Å²) in [6.07, 6.45) is 0. The molecule has 0 spiro atoms. The Morgan fingerprint density at radius 2 is 1.82 bits per heavy atom. The lowest BCUT2D eigenvalue weighted by molar-refractivity contribution is 0.0940. The Morgan fingerprint density at radius 1 is 1.03 bits per heavy atom. The van der Waals surface area contributed by atoms with Crippen LogP contribution in [-0.2, 0) is 13.1 Å². The molecule has 2 heterocycles. The van der Waals surface area contributed by atoms with Crippen LogP contribution in [0.1, 0.15) is 27.3 Å². The Bertz CT molecular complexity index is 1610. The molecule has 7 nitrogen and oxygen atoms in total. The fourth-order valence-corrected chi connectivity index (χ4v) is 3.94. The first-order valence-corrected chi connectivity index (χ1v) is 10.9. The van der Waals surface area contributed by atoms with E-state index in [9.17, 15) is 14.0 Å². The molecule has 1 N–H and O–H groups in total. The van der Waals surface area contributed by atoms with Gasteiger partial charge < -0.3 is 5.32 Å². The number of nitrogens with zero attached hydrogens (tertiary/aromatic N) is 4. The number of aromatic nitrogens is 4. The van der Waals surface area contributed by atoms with Crippen LogP contribution < -0.4 is 10.9 Å². The van der Waals surface area contributed by atoms with Crippen LogP contribution in [0.25, 0.3) is 16.7 Å². The van der Waals surface area contributed by atoms with Gasteiger partial charge in [0, 0.05) is 11.6 Å². The van der Waals surface area contributed by atoms with Crippen molar-refractivity contribution in [1.29, 1.82) is 0 Å². The average Bonchev–Trinajstić information content (AvgIpc) is 3.27. The van der Waals surface area contributed by atoms with E-state index in [1.807, 2.05) is 37.3 Å². The number of halogens is 2. The van der Waals surface area contributed by atoms with Gasteiger partial charge in [-0.3, -0.25) is 14.2 Å². The Balaban J connectivity index is 1.56. The van der Waals surface area contributed by atoms with E-state index in [-0.39, 0.29) is 29.4 Å². The lowest BCUT2D eigenvalue weighted by atomic mass is 10.2. The number of nitrogens with one attached hydrogen (secondary N) is 1. The highest BCUT2D eigenvalue weighted by Gasteiger charge is 2.19. The molecule has 0 radical (unpaired) electrons. The van der Waals surface area contributed by atoms with Crippen molar-refractivity contribution in [2.75, 3.05) is 0 Å². The Kier molecular flexibility index (Phi) is 5.59. The van der Waals surface area contributed by atoms with Crippen LogP contribution in [0, 0.1) is 12.7 Å². The molecule has 0 aliphatic rings. The molecular weight excluding hydrogens is 457 g/mol. The summed E-state index contributed by atoms with van der Waals surface area (Å²) in [5.41, 5.74) is 3.46. The molecule has 0 fully saturated rings. The predicted molar refractivity (Wildman–Crippen MR) is 128 cm³/mol. The number of hydrogen-bond acceptors (Lipinski definition) is 4.